The zero-order valence-corrected chi connectivity index (χ0v) is 39.4. The predicted molar refractivity (Wildman–Crippen MR) is 283 cm³/mol. The van der Waals surface area contributed by atoms with Crippen molar-refractivity contribution in [3.8, 4) is 46.0 Å². The van der Waals surface area contributed by atoms with Crippen LogP contribution >= 0.6 is 0 Å². The highest BCUT2D eigenvalue weighted by atomic mass is 16.5. The zero-order valence-electron chi connectivity index (χ0n) is 39.4. The van der Waals surface area contributed by atoms with Crippen LogP contribution < -0.4 is 18.9 Å². The summed E-state index contributed by atoms with van der Waals surface area (Å²) < 4.78 is 25.7. The van der Waals surface area contributed by atoms with Gasteiger partial charge in [-0.2, -0.15) is 0 Å². The summed E-state index contributed by atoms with van der Waals surface area (Å²) in [6.45, 7) is 8.13. The van der Waals surface area contributed by atoms with Gasteiger partial charge >= 0.3 is 0 Å². The van der Waals surface area contributed by atoms with E-state index >= 15 is 0 Å². The number of aryl methyl sites for hydroxylation is 4. The minimum Gasteiger partial charge on any atom is -0.457 e. The third kappa shape index (κ3) is 8.06. The average molecular weight is 937 g/mol. The number of hydrogen-bond acceptors (Lipinski definition) is 12. The van der Waals surface area contributed by atoms with E-state index in [9.17, 15) is 0 Å². The first-order valence-electron chi connectivity index (χ1n) is 23.4. The van der Waals surface area contributed by atoms with Crippen LogP contribution in [0.15, 0.2) is 210 Å². The van der Waals surface area contributed by atoms with E-state index in [1.165, 1.54) is 0 Å². The maximum absolute atomic E-state index is 6.42. The zero-order chi connectivity index (χ0) is 48.5. The van der Waals surface area contributed by atoms with Crippen LogP contribution in [0.3, 0.4) is 0 Å². The molecule has 0 radical (unpaired) electrons. The van der Waals surface area contributed by atoms with E-state index in [2.05, 4.69) is 0 Å². The summed E-state index contributed by atoms with van der Waals surface area (Å²) in [6.07, 6.45) is 0. The molecule has 0 N–H and O–H groups in total. The Hall–Kier alpha value is -9.68. The molecule has 13 rings (SSSR count). The van der Waals surface area contributed by atoms with Crippen molar-refractivity contribution < 1.29 is 18.9 Å². The standard InChI is InChI=1S/C60H40N8O4/c1-33-9-5-13-37(25-33)69-41-17-21-45-49(29-41)57-63-53(45)61-54-47-23-19-43(71-39-15-7-11-35(3)27-39)31-51(47)59(65-54)68-60-52-32-44(72-40-16-8-12-36(4)28-40)20-24-48(52)56(66-60)62-55-46-22-18-42(30-50(46)58(64-55)67-57)70-38-14-6-10-34(2)26-38/h5-32H,1-4H3. The Labute approximate surface area is 414 Å². The molecule has 0 aliphatic carbocycles. The second-order valence-electron chi connectivity index (χ2n) is 18.0. The molecule has 344 valence electrons. The Morgan fingerprint density at radius 2 is 0.403 bits per heavy atom. The third-order valence-electron chi connectivity index (χ3n) is 12.5. The van der Waals surface area contributed by atoms with Crippen molar-refractivity contribution in [1.29, 1.82) is 0 Å². The molecule has 0 unspecified atom stereocenters. The summed E-state index contributed by atoms with van der Waals surface area (Å²) in [4.78, 5) is 41.5. The Morgan fingerprint density at radius 1 is 0.208 bits per heavy atom. The number of rotatable bonds is 8. The monoisotopic (exact) mass is 936 g/mol. The van der Waals surface area contributed by atoms with Gasteiger partial charge in [0.15, 0.2) is 46.7 Å². The van der Waals surface area contributed by atoms with Gasteiger partial charge in [0.1, 0.15) is 46.0 Å². The number of fused-ring (bicyclic) bond motifs is 16. The summed E-state index contributed by atoms with van der Waals surface area (Å²) >= 11 is 0. The lowest BCUT2D eigenvalue weighted by atomic mass is 10.1. The van der Waals surface area contributed by atoms with Gasteiger partial charge in [0.05, 0.1) is 0 Å². The van der Waals surface area contributed by atoms with Crippen LogP contribution in [0.5, 0.6) is 46.0 Å². The van der Waals surface area contributed by atoms with E-state index in [4.69, 9.17) is 58.9 Å². The maximum atomic E-state index is 6.42. The van der Waals surface area contributed by atoms with E-state index in [0.29, 0.717) is 115 Å². The minimum absolute atomic E-state index is 0.386. The highest BCUT2D eigenvalue weighted by Crippen LogP contribution is 2.37. The molecule has 12 heteroatoms. The number of ether oxygens (including phenoxy) is 4. The predicted octanol–water partition coefficient (Wildman–Crippen LogP) is 13.2. The van der Waals surface area contributed by atoms with Crippen LogP contribution in [0, 0.1) is 27.7 Å². The van der Waals surface area contributed by atoms with Crippen molar-refractivity contribution in [3.05, 3.63) is 237 Å². The minimum atomic E-state index is 0.386. The van der Waals surface area contributed by atoms with Gasteiger partial charge in [-0.05, 0) is 171 Å². The van der Waals surface area contributed by atoms with Gasteiger partial charge in [0.2, 0.25) is 0 Å². The Morgan fingerprint density at radius 3 is 0.611 bits per heavy atom. The number of hydrogen-bond donors (Lipinski definition) is 0. The quantitative estimate of drug-likeness (QED) is 0.150. The summed E-state index contributed by atoms with van der Waals surface area (Å²) in [6, 6.07) is 54.9. The van der Waals surface area contributed by atoms with Crippen molar-refractivity contribution >= 4 is 46.7 Å². The van der Waals surface area contributed by atoms with Crippen molar-refractivity contribution in [1.82, 2.24) is 0 Å². The molecule has 5 aliphatic heterocycles. The molecule has 0 atom stereocenters. The topological polar surface area (TPSA) is 136 Å². The molecule has 8 aromatic carbocycles. The van der Waals surface area contributed by atoms with Gasteiger partial charge in [-0.3, -0.25) is 0 Å². The molecule has 8 bridgehead atoms. The van der Waals surface area contributed by atoms with Crippen molar-refractivity contribution in [2.75, 3.05) is 0 Å². The van der Waals surface area contributed by atoms with E-state index in [1.54, 1.807) is 0 Å². The van der Waals surface area contributed by atoms with E-state index < -0.39 is 0 Å². The van der Waals surface area contributed by atoms with Gasteiger partial charge < -0.3 is 18.9 Å². The fourth-order valence-corrected chi connectivity index (χ4v) is 9.09. The van der Waals surface area contributed by atoms with Crippen LogP contribution in [0.1, 0.15) is 66.8 Å². The molecule has 0 saturated carbocycles. The van der Waals surface area contributed by atoms with Gasteiger partial charge in [-0.25, -0.2) is 39.9 Å². The largest absolute Gasteiger partial charge is 0.457 e. The lowest BCUT2D eigenvalue weighted by molar-refractivity contribution is 0.482. The number of aliphatic imine (C=N–C) groups is 8. The lowest BCUT2D eigenvalue weighted by Gasteiger charge is -2.10. The Bertz CT molecular complexity index is 3680. The third-order valence-corrected chi connectivity index (χ3v) is 12.5. The highest BCUT2D eigenvalue weighted by molar-refractivity contribution is 6.35. The smallest absolute Gasteiger partial charge is 0.164 e. The van der Waals surface area contributed by atoms with Gasteiger partial charge in [0.25, 0.3) is 0 Å². The Balaban J connectivity index is 1.00. The molecule has 72 heavy (non-hydrogen) atoms. The van der Waals surface area contributed by atoms with E-state index in [-0.39, 0.29) is 0 Å². The molecule has 0 aromatic heterocycles. The van der Waals surface area contributed by atoms with Crippen LogP contribution in [-0.2, 0) is 0 Å². The number of amidine groups is 8. The Kier molecular flexibility index (Phi) is 10.1. The summed E-state index contributed by atoms with van der Waals surface area (Å²) in [5.41, 5.74) is 10.1. The second kappa shape index (κ2) is 17.1. The lowest BCUT2D eigenvalue weighted by Crippen LogP contribution is -2.03. The van der Waals surface area contributed by atoms with Crippen molar-refractivity contribution in [3.63, 3.8) is 0 Å². The van der Waals surface area contributed by atoms with Crippen LogP contribution in [-0.4, -0.2) is 46.7 Å². The van der Waals surface area contributed by atoms with Gasteiger partial charge in [0, 0.05) is 44.5 Å². The molecule has 0 fully saturated rings. The van der Waals surface area contributed by atoms with Gasteiger partial charge in [-0.1, -0.05) is 48.5 Å². The summed E-state index contributed by atoms with van der Waals surface area (Å²) in [7, 11) is 0. The van der Waals surface area contributed by atoms with E-state index in [0.717, 1.165) is 44.5 Å². The molecular formula is C60H40N8O4. The first-order valence-corrected chi connectivity index (χ1v) is 23.4. The number of benzene rings is 8. The van der Waals surface area contributed by atoms with Crippen LogP contribution in [0.2, 0.25) is 0 Å². The summed E-state index contributed by atoms with van der Waals surface area (Å²) in [5.74, 6) is 8.43. The fraction of sp³-hybridized carbons (Fsp3) is 0.0667. The van der Waals surface area contributed by atoms with Gasteiger partial charge in [-0.15, -0.1) is 0 Å². The highest BCUT2D eigenvalue weighted by Gasteiger charge is 2.32. The average Bonchev–Trinajstić information content (AvgIpc) is 4.09. The number of nitrogens with zero attached hydrogens (tertiary/aromatic N) is 8. The molecule has 0 amide bonds. The molecule has 5 aliphatic rings. The first-order chi connectivity index (χ1) is 35.2. The molecule has 8 aromatic rings. The molecule has 5 heterocycles. The van der Waals surface area contributed by atoms with E-state index in [1.807, 2.05) is 198 Å². The molecule has 12 nitrogen and oxygen atoms in total. The molecule has 0 spiro atoms. The SMILES string of the molecule is Cc1cccc(Oc2ccc3c(c2)C2=NC3=NC3=NC(=NC4=NC(=NC5=NC(=N2)c2cc(Oc6cccc(C)c6)ccc25)c2ccc(Oc5cccc(C)c5)cc24)c2cc(Oc4cccc(C)c4)ccc23)c1. The molecule has 0 saturated heterocycles. The van der Waals surface area contributed by atoms with Crippen LogP contribution in [0.25, 0.3) is 0 Å². The maximum Gasteiger partial charge on any atom is 0.164 e. The van der Waals surface area contributed by atoms with Crippen molar-refractivity contribution in [2.45, 2.75) is 27.7 Å². The van der Waals surface area contributed by atoms with Crippen molar-refractivity contribution in [2.24, 2.45) is 39.9 Å². The molecular weight excluding hydrogens is 897 g/mol. The van der Waals surface area contributed by atoms with Crippen LogP contribution in [0.4, 0.5) is 0 Å². The normalized spacial score (nSPS) is 14.5. The second-order valence-corrected chi connectivity index (χ2v) is 18.0. The summed E-state index contributed by atoms with van der Waals surface area (Å²) in [5, 5.41) is 0. The first kappa shape index (κ1) is 42.4. The fourth-order valence-electron chi connectivity index (χ4n) is 9.09.